The van der Waals surface area contributed by atoms with Gasteiger partial charge in [0.15, 0.2) is 11.5 Å². The van der Waals surface area contributed by atoms with Crippen LogP contribution in [-0.2, 0) is 17.9 Å². The highest BCUT2D eigenvalue weighted by molar-refractivity contribution is 5.91. The van der Waals surface area contributed by atoms with E-state index in [1.807, 2.05) is 83.8 Å². The Labute approximate surface area is 172 Å². The molecule has 0 N–H and O–H groups in total. The van der Waals surface area contributed by atoms with E-state index in [4.69, 9.17) is 9.47 Å². The molecule has 3 aromatic rings. The van der Waals surface area contributed by atoms with Crippen LogP contribution in [0.2, 0.25) is 0 Å². The van der Waals surface area contributed by atoms with Gasteiger partial charge in [-0.05, 0) is 34.9 Å². The second-order valence-electron chi connectivity index (χ2n) is 6.61. The maximum absolute atomic E-state index is 13.0. The Balaban J connectivity index is 1.79. The number of amides is 1. The van der Waals surface area contributed by atoms with Crippen LogP contribution in [0.15, 0.2) is 84.9 Å². The third kappa shape index (κ3) is 5.72. The molecule has 4 nitrogen and oxygen atoms in total. The topological polar surface area (TPSA) is 38.8 Å². The zero-order chi connectivity index (χ0) is 20.5. The second kappa shape index (κ2) is 10.1. The van der Waals surface area contributed by atoms with E-state index in [-0.39, 0.29) is 5.91 Å². The first-order chi connectivity index (χ1) is 14.2. The van der Waals surface area contributed by atoms with Gasteiger partial charge >= 0.3 is 0 Å². The number of ether oxygens (including phenoxy) is 2. The zero-order valence-corrected chi connectivity index (χ0v) is 16.7. The van der Waals surface area contributed by atoms with Crippen molar-refractivity contribution in [2.75, 3.05) is 14.2 Å². The fraction of sp³-hybridized carbons (Fsp3) is 0.160. The monoisotopic (exact) mass is 387 g/mol. The lowest BCUT2D eigenvalue weighted by Gasteiger charge is -2.21. The van der Waals surface area contributed by atoms with Crippen molar-refractivity contribution in [2.45, 2.75) is 13.1 Å². The van der Waals surface area contributed by atoms with Crippen LogP contribution in [0.4, 0.5) is 0 Å². The highest BCUT2D eigenvalue weighted by Crippen LogP contribution is 2.28. The van der Waals surface area contributed by atoms with Gasteiger partial charge in [-0.3, -0.25) is 4.79 Å². The van der Waals surface area contributed by atoms with Gasteiger partial charge in [-0.15, -0.1) is 0 Å². The summed E-state index contributed by atoms with van der Waals surface area (Å²) in [6.45, 7) is 1.09. The molecule has 4 heteroatoms. The van der Waals surface area contributed by atoms with Crippen molar-refractivity contribution < 1.29 is 14.3 Å². The largest absolute Gasteiger partial charge is 0.493 e. The van der Waals surface area contributed by atoms with Crippen LogP contribution in [0.1, 0.15) is 16.7 Å². The first-order valence-corrected chi connectivity index (χ1v) is 9.46. The molecule has 0 radical (unpaired) electrons. The lowest BCUT2D eigenvalue weighted by atomic mass is 10.1. The SMILES string of the molecule is COc1ccc(/C=C/C(=O)N(Cc2ccccc2)Cc2ccccc2)cc1OC. The highest BCUT2D eigenvalue weighted by atomic mass is 16.5. The molecule has 0 aliphatic heterocycles. The molecular weight excluding hydrogens is 362 g/mol. The van der Waals surface area contributed by atoms with Gasteiger partial charge in [-0.2, -0.15) is 0 Å². The second-order valence-corrected chi connectivity index (χ2v) is 6.61. The van der Waals surface area contributed by atoms with E-state index >= 15 is 0 Å². The number of nitrogens with zero attached hydrogens (tertiary/aromatic N) is 1. The standard InChI is InChI=1S/C25H25NO3/c1-28-23-15-13-20(17-24(23)29-2)14-16-25(27)26(18-21-9-5-3-6-10-21)19-22-11-7-4-8-12-22/h3-17H,18-19H2,1-2H3/b16-14+. The Hall–Kier alpha value is -3.53. The third-order valence-electron chi connectivity index (χ3n) is 4.57. The smallest absolute Gasteiger partial charge is 0.247 e. The molecule has 0 fully saturated rings. The number of carbonyl (C=O) groups is 1. The molecule has 0 heterocycles. The van der Waals surface area contributed by atoms with Gasteiger partial charge in [0.1, 0.15) is 0 Å². The number of carbonyl (C=O) groups excluding carboxylic acids is 1. The Morgan fingerprint density at radius 3 is 1.86 bits per heavy atom. The maximum atomic E-state index is 13.0. The summed E-state index contributed by atoms with van der Waals surface area (Å²) in [7, 11) is 3.19. The molecule has 3 rings (SSSR count). The summed E-state index contributed by atoms with van der Waals surface area (Å²) in [6.07, 6.45) is 3.40. The molecule has 29 heavy (non-hydrogen) atoms. The Kier molecular flexibility index (Phi) is 7.06. The molecule has 148 valence electrons. The van der Waals surface area contributed by atoms with Gasteiger partial charge < -0.3 is 14.4 Å². The van der Waals surface area contributed by atoms with Gasteiger partial charge in [0.25, 0.3) is 0 Å². The van der Waals surface area contributed by atoms with Gasteiger partial charge in [0, 0.05) is 19.2 Å². The van der Waals surface area contributed by atoms with Crippen molar-refractivity contribution in [3.8, 4) is 11.5 Å². The minimum Gasteiger partial charge on any atom is -0.493 e. The number of rotatable bonds is 8. The first kappa shape index (κ1) is 20.2. The number of hydrogen-bond donors (Lipinski definition) is 0. The summed E-state index contributed by atoms with van der Waals surface area (Å²) in [5, 5.41) is 0. The van der Waals surface area contributed by atoms with Crippen LogP contribution in [0.3, 0.4) is 0 Å². The van der Waals surface area contributed by atoms with E-state index in [1.165, 1.54) is 0 Å². The summed E-state index contributed by atoms with van der Waals surface area (Å²) in [5.41, 5.74) is 3.06. The van der Waals surface area contributed by atoms with E-state index in [9.17, 15) is 4.79 Å². The molecule has 0 unspecified atom stereocenters. The normalized spacial score (nSPS) is 10.7. The average molecular weight is 387 g/mol. The highest BCUT2D eigenvalue weighted by Gasteiger charge is 2.12. The van der Waals surface area contributed by atoms with Gasteiger partial charge in [-0.25, -0.2) is 0 Å². The van der Waals surface area contributed by atoms with Crippen LogP contribution in [0.25, 0.3) is 6.08 Å². The molecule has 0 spiro atoms. The summed E-state index contributed by atoms with van der Waals surface area (Å²) < 4.78 is 10.6. The Bertz CT molecular complexity index is 911. The molecule has 0 saturated carbocycles. The van der Waals surface area contributed by atoms with Crippen molar-refractivity contribution in [3.63, 3.8) is 0 Å². The predicted octanol–water partition coefficient (Wildman–Crippen LogP) is 4.95. The van der Waals surface area contributed by atoms with E-state index in [1.54, 1.807) is 26.4 Å². The molecule has 0 aliphatic carbocycles. The van der Waals surface area contributed by atoms with Crippen LogP contribution in [0, 0.1) is 0 Å². The molecule has 0 aliphatic rings. The van der Waals surface area contributed by atoms with E-state index in [2.05, 4.69) is 0 Å². The summed E-state index contributed by atoms with van der Waals surface area (Å²) in [5.74, 6) is 1.24. The van der Waals surface area contributed by atoms with E-state index in [0.717, 1.165) is 16.7 Å². The summed E-state index contributed by atoms with van der Waals surface area (Å²) >= 11 is 0. The predicted molar refractivity (Wildman–Crippen MR) is 116 cm³/mol. The summed E-state index contributed by atoms with van der Waals surface area (Å²) in [6, 6.07) is 25.6. The van der Waals surface area contributed by atoms with Gasteiger partial charge in [0.2, 0.25) is 5.91 Å². The fourth-order valence-electron chi connectivity index (χ4n) is 3.05. The number of hydrogen-bond acceptors (Lipinski definition) is 3. The van der Waals surface area contributed by atoms with E-state index in [0.29, 0.717) is 24.6 Å². The molecule has 0 aromatic heterocycles. The third-order valence-corrected chi connectivity index (χ3v) is 4.57. The minimum absolute atomic E-state index is 0.0486. The van der Waals surface area contributed by atoms with Crippen molar-refractivity contribution in [3.05, 3.63) is 102 Å². The fourth-order valence-corrected chi connectivity index (χ4v) is 3.05. The van der Waals surface area contributed by atoms with Gasteiger partial charge in [-0.1, -0.05) is 66.7 Å². The number of methoxy groups -OCH3 is 2. The first-order valence-electron chi connectivity index (χ1n) is 9.46. The Morgan fingerprint density at radius 1 is 0.793 bits per heavy atom. The Morgan fingerprint density at radius 2 is 1.34 bits per heavy atom. The maximum Gasteiger partial charge on any atom is 0.247 e. The van der Waals surface area contributed by atoms with Crippen LogP contribution in [0.5, 0.6) is 11.5 Å². The van der Waals surface area contributed by atoms with Crippen LogP contribution >= 0.6 is 0 Å². The minimum atomic E-state index is -0.0486. The average Bonchev–Trinajstić information content (AvgIpc) is 2.78. The number of benzene rings is 3. The van der Waals surface area contributed by atoms with Crippen LogP contribution < -0.4 is 9.47 Å². The lowest BCUT2D eigenvalue weighted by Crippen LogP contribution is -2.28. The molecule has 0 saturated heterocycles. The molecule has 1 amide bonds. The van der Waals surface area contributed by atoms with Gasteiger partial charge in [0.05, 0.1) is 14.2 Å². The summed E-state index contributed by atoms with van der Waals surface area (Å²) in [4.78, 5) is 14.8. The van der Waals surface area contributed by atoms with Crippen molar-refractivity contribution >= 4 is 12.0 Å². The van der Waals surface area contributed by atoms with Crippen LogP contribution in [-0.4, -0.2) is 25.0 Å². The quantitative estimate of drug-likeness (QED) is 0.514. The molecule has 3 aromatic carbocycles. The van der Waals surface area contributed by atoms with E-state index < -0.39 is 0 Å². The van der Waals surface area contributed by atoms with Crippen molar-refractivity contribution in [1.29, 1.82) is 0 Å². The molecule has 0 bridgehead atoms. The lowest BCUT2D eigenvalue weighted by molar-refractivity contribution is -0.127. The molecular formula is C25H25NO3. The molecule has 0 atom stereocenters. The van der Waals surface area contributed by atoms with Crippen molar-refractivity contribution in [1.82, 2.24) is 4.90 Å². The van der Waals surface area contributed by atoms with Crippen molar-refractivity contribution in [2.24, 2.45) is 0 Å². The zero-order valence-electron chi connectivity index (χ0n) is 16.7.